The van der Waals surface area contributed by atoms with E-state index in [1.165, 1.54) is 32.1 Å². The Morgan fingerprint density at radius 2 is 2.00 bits per heavy atom. The molecule has 0 amide bonds. The molecule has 2 heterocycles. The number of hydrogen-bond donors (Lipinski definition) is 1. The summed E-state index contributed by atoms with van der Waals surface area (Å²) in [6.07, 6.45) is 13.2. The monoisotopic (exact) mass is 243 g/mol. The van der Waals surface area contributed by atoms with Crippen LogP contribution in [0.3, 0.4) is 0 Å². The number of nitrogens with zero attached hydrogens (tertiary/aromatic N) is 4. The van der Waals surface area contributed by atoms with Crippen molar-refractivity contribution in [1.29, 1.82) is 0 Å². The van der Waals surface area contributed by atoms with Crippen LogP contribution in [0.25, 0.3) is 11.4 Å². The van der Waals surface area contributed by atoms with Crippen LogP contribution in [0.4, 0.5) is 5.69 Å². The first-order chi connectivity index (χ1) is 8.84. The molecule has 0 aliphatic heterocycles. The van der Waals surface area contributed by atoms with Crippen molar-refractivity contribution in [2.45, 2.75) is 38.1 Å². The van der Waals surface area contributed by atoms with Crippen LogP contribution in [-0.2, 0) is 0 Å². The van der Waals surface area contributed by atoms with Gasteiger partial charge in [0, 0.05) is 18.6 Å². The highest BCUT2D eigenvalue weighted by molar-refractivity contribution is 5.68. The van der Waals surface area contributed by atoms with Gasteiger partial charge in [0.15, 0.2) is 0 Å². The summed E-state index contributed by atoms with van der Waals surface area (Å²) in [4.78, 5) is 8.31. The Hall–Kier alpha value is -1.91. The summed E-state index contributed by atoms with van der Waals surface area (Å²) < 4.78 is 2.01. The van der Waals surface area contributed by atoms with Gasteiger partial charge in [-0.2, -0.15) is 5.10 Å². The second kappa shape index (κ2) is 4.76. The first-order valence-electron chi connectivity index (χ1n) is 6.45. The predicted molar refractivity (Wildman–Crippen MR) is 69.8 cm³/mol. The molecule has 2 aromatic rings. The second-order valence-electron chi connectivity index (χ2n) is 4.80. The fraction of sp³-hybridized carbons (Fsp3) is 0.462. The first-order valence-corrected chi connectivity index (χ1v) is 6.45. The maximum atomic E-state index is 6.03. The molecule has 0 aromatic carbocycles. The molecule has 2 N–H and O–H groups in total. The van der Waals surface area contributed by atoms with Crippen molar-refractivity contribution in [1.82, 2.24) is 19.7 Å². The third-order valence-electron chi connectivity index (χ3n) is 3.51. The fourth-order valence-corrected chi connectivity index (χ4v) is 2.56. The highest BCUT2D eigenvalue weighted by Gasteiger charge is 2.18. The lowest BCUT2D eigenvalue weighted by molar-refractivity contribution is 0.330. The average Bonchev–Trinajstić information content (AvgIpc) is 2.83. The molecule has 0 atom stereocenters. The van der Waals surface area contributed by atoms with Gasteiger partial charge in [0.05, 0.1) is 17.9 Å². The molecular weight excluding hydrogens is 226 g/mol. The van der Waals surface area contributed by atoms with Crippen molar-refractivity contribution in [3.63, 3.8) is 0 Å². The third kappa shape index (κ3) is 2.08. The molecule has 1 saturated carbocycles. The topological polar surface area (TPSA) is 69.6 Å². The molecule has 5 heteroatoms. The van der Waals surface area contributed by atoms with E-state index < -0.39 is 0 Å². The molecule has 0 radical (unpaired) electrons. The van der Waals surface area contributed by atoms with E-state index in [2.05, 4.69) is 15.1 Å². The minimum absolute atomic E-state index is 0.492. The van der Waals surface area contributed by atoms with Gasteiger partial charge < -0.3 is 5.73 Å². The van der Waals surface area contributed by atoms with E-state index in [9.17, 15) is 0 Å². The van der Waals surface area contributed by atoms with E-state index in [0.29, 0.717) is 11.7 Å². The smallest absolute Gasteiger partial charge is 0.135 e. The van der Waals surface area contributed by atoms with Crippen LogP contribution in [0, 0.1) is 0 Å². The van der Waals surface area contributed by atoms with E-state index >= 15 is 0 Å². The van der Waals surface area contributed by atoms with E-state index in [4.69, 9.17) is 5.73 Å². The van der Waals surface area contributed by atoms with E-state index in [1.807, 2.05) is 10.9 Å². The van der Waals surface area contributed by atoms with Gasteiger partial charge in [0.1, 0.15) is 11.4 Å². The average molecular weight is 243 g/mol. The van der Waals surface area contributed by atoms with E-state index in [1.54, 1.807) is 18.6 Å². The normalized spacial score (nSPS) is 16.9. The highest BCUT2D eigenvalue weighted by Crippen LogP contribution is 2.30. The van der Waals surface area contributed by atoms with Gasteiger partial charge in [0.2, 0.25) is 0 Å². The molecule has 3 rings (SSSR count). The molecule has 1 aliphatic carbocycles. The van der Waals surface area contributed by atoms with Crippen molar-refractivity contribution in [2.24, 2.45) is 0 Å². The Balaban J connectivity index is 1.91. The van der Waals surface area contributed by atoms with Gasteiger partial charge >= 0.3 is 0 Å². The molecule has 0 spiro atoms. The van der Waals surface area contributed by atoms with Crippen molar-refractivity contribution < 1.29 is 0 Å². The zero-order valence-corrected chi connectivity index (χ0v) is 10.3. The molecule has 0 unspecified atom stereocenters. The van der Waals surface area contributed by atoms with Crippen molar-refractivity contribution in [2.75, 3.05) is 5.73 Å². The summed E-state index contributed by atoms with van der Waals surface area (Å²) in [7, 11) is 0. The molecular formula is C13H17N5. The number of anilines is 1. The number of nitrogen functional groups attached to an aromatic ring is 1. The molecule has 1 fully saturated rings. The molecule has 1 aliphatic rings. The predicted octanol–water partition coefficient (Wildman–Crippen LogP) is 2.43. The molecule has 0 bridgehead atoms. The van der Waals surface area contributed by atoms with Crippen LogP contribution in [0.2, 0.25) is 0 Å². The maximum Gasteiger partial charge on any atom is 0.135 e. The zero-order chi connectivity index (χ0) is 12.4. The largest absolute Gasteiger partial charge is 0.396 e. The maximum absolute atomic E-state index is 6.03. The SMILES string of the molecule is Nc1cn(C2CCCCC2)nc1-c1cnccn1. The van der Waals surface area contributed by atoms with Crippen LogP contribution < -0.4 is 5.73 Å². The number of rotatable bonds is 2. The van der Waals surface area contributed by atoms with Crippen molar-refractivity contribution in [3.05, 3.63) is 24.8 Å². The van der Waals surface area contributed by atoms with E-state index in [-0.39, 0.29) is 0 Å². The summed E-state index contributed by atoms with van der Waals surface area (Å²) in [5.41, 5.74) is 8.19. The third-order valence-corrected chi connectivity index (χ3v) is 3.51. The summed E-state index contributed by atoms with van der Waals surface area (Å²) >= 11 is 0. The van der Waals surface area contributed by atoms with Gasteiger partial charge in [-0.15, -0.1) is 0 Å². The Morgan fingerprint density at radius 1 is 1.17 bits per heavy atom. The van der Waals surface area contributed by atoms with Crippen molar-refractivity contribution >= 4 is 5.69 Å². The quantitative estimate of drug-likeness (QED) is 0.879. The lowest BCUT2D eigenvalue weighted by atomic mass is 9.96. The van der Waals surface area contributed by atoms with Gasteiger partial charge in [-0.3, -0.25) is 14.6 Å². The summed E-state index contributed by atoms with van der Waals surface area (Å²) in [5.74, 6) is 0. The summed E-state index contributed by atoms with van der Waals surface area (Å²) in [6, 6.07) is 0.492. The van der Waals surface area contributed by atoms with Crippen LogP contribution in [0.5, 0.6) is 0 Å². The molecule has 2 aromatic heterocycles. The molecule has 94 valence electrons. The summed E-state index contributed by atoms with van der Waals surface area (Å²) in [6.45, 7) is 0. The minimum Gasteiger partial charge on any atom is -0.396 e. The molecule has 5 nitrogen and oxygen atoms in total. The van der Waals surface area contributed by atoms with Crippen molar-refractivity contribution in [3.8, 4) is 11.4 Å². The zero-order valence-electron chi connectivity index (χ0n) is 10.3. The fourth-order valence-electron chi connectivity index (χ4n) is 2.56. The number of nitrogens with two attached hydrogens (primary N) is 1. The van der Waals surface area contributed by atoms with Gasteiger partial charge in [-0.05, 0) is 12.8 Å². The van der Waals surface area contributed by atoms with E-state index in [0.717, 1.165) is 11.4 Å². The number of hydrogen-bond acceptors (Lipinski definition) is 4. The molecule has 18 heavy (non-hydrogen) atoms. The Kier molecular flexibility index (Phi) is 2.96. The Bertz CT molecular complexity index is 513. The van der Waals surface area contributed by atoms with Crippen LogP contribution in [-0.4, -0.2) is 19.7 Å². The van der Waals surface area contributed by atoms with Crippen LogP contribution in [0.1, 0.15) is 38.1 Å². The number of aromatic nitrogens is 4. The van der Waals surface area contributed by atoms with Gasteiger partial charge in [0.25, 0.3) is 0 Å². The van der Waals surface area contributed by atoms with Crippen LogP contribution in [0.15, 0.2) is 24.8 Å². The van der Waals surface area contributed by atoms with Gasteiger partial charge in [-0.25, -0.2) is 0 Å². The Labute approximate surface area is 106 Å². The van der Waals surface area contributed by atoms with Crippen LogP contribution >= 0.6 is 0 Å². The standard InChI is InChI=1S/C13H17N5/c14-11-9-18(10-4-2-1-3-5-10)17-13(11)12-8-15-6-7-16-12/h6-10H,1-5,14H2. The lowest BCUT2D eigenvalue weighted by Gasteiger charge is -2.21. The molecule has 0 saturated heterocycles. The highest BCUT2D eigenvalue weighted by atomic mass is 15.3. The first kappa shape index (κ1) is 11.2. The lowest BCUT2D eigenvalue weighted by Crippen LogP contribution is -2.13. The van der Waals surface area contributed by atoms with Gasteiger partial charge in [-0.1, -0.05) is 19.3 Å². The Morgan fingerprint density at radius 3 is 2.72 bits per heavy atom. The summed E-state index contributed by atoms with van der Waals surface area (Å²) in [5, 5.41) is 4.59. The second-order valence-corrected chi connectivity index (χ2v) is 4.80. The minimum atomic E-state index is 0.492.